The Hall–Kier alpha value is -0.700. The lowest BCUT2D eigenvalue weighted by Gasteiger charge is -2.36. The molecule has 0 aromatic heterocycles. The van der Waals surface area contributed by atoms with E-state index in [-0.39, 0.29) is 0 Å². The third-order valence-electron chi connectivity index (χ3n) is 8.03. The van der Waals surface area contributed by atoms with Gasteiger partial charge in [-0.15, -0.1) is 5.92 Å². The Morgan fingerprint density at radius 3 is 2.19 bits per heavy atom. The molecule has 2 rings (SSSR count). The van der Waals surface area contributed by atoms with Gasteiger partial charge in [0.15, 0.2) is 0 Å². The van der Waals surface area contributed by atoms with Crippen LogP contribution in [0.1, 0.15) is 118 Å². The second kappa shape index (κ2) is 12.0. The number of rotatable bonds is 13. The lowest BCUT2D eigenvalue weighted by Crippen LogP contribution is -2.28. The van der Waals surface area contributed by atoms with Gasteiger partial charge < -0.3 is 0 Å². The van der Waals surface area contributed by atoms with Crippen LogP contribution in [0.15, 0.2) is 12.2 Å². The lowest BCUT2D eigenvalue weighted by molar-refractivity contribution is 0.165. The molecule has 2 aliphatic rings. The van der Waals surface area contributed by atoms with Crippen LogP contribution in [0.3, 0.4) is 0 Å². The molecule has 0 heteroatoms. The Bertz CT molecular complexity index is 476. The van der Waals surface area contributed by atoms with Crippen LogP contribution in [0.25, 0.3) is 0 Å². The standard InChI is InChI=1S/C27H46/c1-5-9-10-11-12-13-17-26(27(6-2,7-3)8-4)18-15-14-16-24-21-23-19-20-25(24)22-23/h19-20,23-26H,5-14,16-17,21-22H2,1-4H3. The molecule has 0 aromatic carbocycles. The molecular formula is C27H46. The predicted octanol–water partition coefficient (Wildman–Crippen LogP) is 8.57. The molecule has 2 bridgehead atoms. The summed E-state index contributed by atoms with van der Waals surface area (Å²) in [6.45, 7) is 9.48. The van der Waals surface area contributed by atoms with E-state index in [1.165, 1.54) is 83.5 Å². The van der Waals surface area contributed by atoms with E-state index in [0.29, 0.717) is 11.3 Å². The molecule has 27 heavy (non-hydrogen) atoms. The normalized spacial score (nSPS) is 24.8. The van der Waals surface area contributed by atoms with E-state index in [4.69, 9.17) is 0 Å². The monoisotopic (exact) mass is 370 g/mol. The smallest absolute Gasteiger partial charge is 0.0258 e. The maximum atomic E-state index is 3.82. The number of unbranched alkanes of at least 4 members (excludes halogenated alkanes) is 5. The molecule has 0 aromatic rings. The molecule has 154 valence electrons. The molecule has 2 aliphatic carbocycles. The average Bonchev–Trinajstić information content (AvgIpc) is 3.32. The Morgan fingerprint density at radius 2 is 1.59 bits per heavy atom. The maximum Gasteiger partial charge on any atom is 0.0258 e. The van der Waals surface area contributed by atoms with Crippen molar-refractivity contribution in [2.45, 2.75) is 118 Å². The van der Waals surface area contributed by atoms with Gasteiger partial charge in [0, 0.05) is 12.3 Å². The van der Waals surface area contributed by atoms with Crippen molar-refractivity contribution in [3.63, 3.8) is 0 Å². The van der Waals surface area contributed by atoms with Gasteiger partial charge in [0.05, 0.1) is 0 Å². The minimum Gasteiger partial charge on any atom is -0.103 e. The largest absolute Gasteiger partial charge is 0.103 e. The van der Waals surface area contributed by atoms with Crippen molar-refractivity contribution in [3.05, 3.63) is 12.2 Å². The third kappa shape index (κ3) is 6.41. The van der Waals surface area contributed by atoms with Crippen molar-refractivity contribution < 1.29 is 0 Å². The fraction of sp³-hybridized carbons (Fsp3) is 0.852. The van der Waals surface area contributed by atoms with Crippen LogP contribution in [0.4, 0.5) is 0 Å². The molecule has 0 nitrogen and oxygen atoms in total. The van der Waals surface area contributed by atoms with Gasteiger partial charge in [-0.25, -0.2) is 0 Å². The molecule has 0 radical (unpaired) electrons. The van der Waals surface area contributed by atoms with Gasteiger partial charge >= 0.3 is 0 Å². The first kappa shape index (κ1) is 22.6. The molecule has 1 fully saturated rings. The van der Waals surface area contributed by atoms with Gasteiger partial charge in [-0.2, -0.15) is 0 Å². The summed E-state index contributed by atoms with van der Waals surface area (Å²) in [5.74, 6) is 10.8. The molecule has 0 saturated heterocycles. The molecule has 0 amide bonds. The summed E-state index contributed by atoms with van der Waals surface area (Å²) >= 11 is 0. The average molecular weight is 371 g/mol. The predicted molar refractivity (Wildman–Crippen MR) is 121 cm³/mol. The highest BCUT2D eigenvalue weighted by molar-refractivity contribution is 5.12. The summed E-state index contributed by atoms with van der Waals surface area (Å²) in [7, 11) is 0. The lowest BCUT2D eigenvalue weighted by atomic mass is 9.68. The first-order chi connectivity index (χ1) is 13.2. The second-order valence-corrected chi connectivity index (χ2v) is 9.43. The summed E-state index contributed by atoms with van der Waals surface area (Å²) in [5, 5.41) is 0. The molecule has 1 saturated carbocycles. The number of allylic oxidation sites excluding steroid dienone is 2. The Morgan fingerprint density at radius 1 is 0.889 bits per heavy atom. The summed E-state index contributed by atoms with van der Waals surface area (Å²) < 4.78 is 0. The Balaban J connectivity index is 1.84. The van der Waals surface area contributed by atoms with Crippen LogP contribution in [-0.2, 0) is 0 Å². The van der Waals surface area contributed by atoms with Gasteiger partial charge in [-0.1, -0.05) is 84.3 Å². The summed E-state index contributed by atoms with van der Waals surface area (Å²) in [6.07, 6.45) is 23.8. The van der Waals surface area contributed by atoms with Crippen LogP contribution in [-0.4, -0.2) is 0 Å². The quantitative estimate of drug-likeness (QED) is 0.173. The van der Waals surface area contributed by atoms with Gasteiger partial charge in [-0.3, -0.25) is 0 Å². The van der Waals surface area contributed by atoms with Crippen molar-refractivity contribution in [1.82, 2.24) is 0 Å². The number of hydrogen-bond donors (Lipinski definition) is 0. The molecule has 0 aliphatic heterocycles. The van der Waals surface area contributed by atoms with Gasteiger partial charge in [-0.05, 0) is 68.1 Å². The van der Waals surface area contributed by atoms with E-state index in [2.05, 4.69) is 51.7 Å². The highest BCUT2D eigenvalue weighted by atomic mass is 14.4. The first-order valence-electron chi connectivity index (χ1n) is 12.4. The van der Waals surface area contributed by atoms with Gasteiger partial charge in [0.1, 0.15) is 0 Å². The van der Waals surface area contributed by atoms with Crippen molar-refractivity contribution in [2.24, 2.45) is 29.1 Å². The Labute approximate surface area is 171 Å². The molecule has 0 heterocycles. The minimum absolute atomic E-state index is 0.450. The fourth-order valence-corrected chi connectivity index (χ4v) is 5.83. The summed E-state index contributed by atoms with van der Waals surface area (Å²) in [5.41, 5.74) is 0.450. The second-order valence-electron chi connectivity index (χ2n) is 9.43. The fourth-order valence-electron chi connectivity index (χ4n) is 5.83. The minimum atomic E-state index is 0.450. The zero-order valence-electron chi connectivity index (χ0n) is 18.9. The number of hydrogen-bond acceptors (Lipinski definition) is 0. The summed E-state index contributed by atoms with van der Waals surface area (Å²) in [4.78, 5) is 0. The van der Waals surface area contributed by atoms with Crippen molar-refractivity contribution >= 4 is 0 Å². The van der Waals surface area contributed by atoms with E-state index in [0.717, 1.165) is 24.2 Å². The third-order valence-corrected chi connectivity index (χ3v) is 8.03. The van der Waals surface area contributed by atoms with Crippen molar-refractivity contribution in [3.8, 4) is 11.8 Å². The van der Waals surface area contributed by atoms with Gasteiger partial charge in [0.25, 0.3) is 0 Å². The topological polar surface area (TPSA) is 0 Å². The zero-order valence-corrected chi connectivity index (χ0v) is 18.9. The molecule has 4 atom stereocenters. The SMILES string of the molecule is CCCCCCCCC(C#CCCC1CC2C=CC1C2)C(CC)(CC)CC. The zero-order chi connectivity index (χ0) is 19.5. The van der Waals surface area contributed by atoms with E-state index in [1.54, 1.807) is 0 Å². The van der Waals surface area contributed by atoms with Crippen LogP contribution in [0, 0.1) is 40.9 Å². The number of fused-ring (bicyclic) bond motifs is 2. The summed E-state index contributed by atoms with van der Waals surface area (Å²) in [6, 6.07) is 0. The molecule has 0 spiro atoms. The van der Waals surface area contributed by atoms with Crippen molar-refractivity contribution in [1.29, 1.82) is 0 Å². The molecular weight excluding hydrogens is 324 g/mol. The van der Waals surface area contributed by atoms with Crippen LogP contribution >= 0.6 is 0 Å². The van der Waals surface area contributed by atoms with E-state index in [1.807, 2.05) is 0 Å². The maximum absolute atomic E-state index is 3.82. The van der Waals surface area contributed by atoms with Gasteiger partial charge in [0.2, 0.25) is 0 Å². The Kier molecular flexibility index (Phi) is 10.0. The van der Waals surface area contributed by atoms with E-state index in [9.17, 15) is 0 Å². The van der Waals surface area contributed by atoms with Crippen LogP contribution in [0.2, 0.25) is 0 Å². The van der Waals surface area contributed by atoms with Crippen molar-refractivity contribution in [2.75, 3.05) is 0 Å². The van der Waals surface area contributed by atoms with Crippen LogP contribution in [0.5, 0.6) is 0 Å². The highest BCUT2D eigenvalue weighted by Crippen LogP contribution is 2.45. The van der Waals surface area contributed by atoms with Crippen LogP contribution < -0.4 is 0 Å². The highest BCUT2D eigenvalue weighted by Gasteiger charge is 2.35. The molecule has 0 N–H and O–H groups in total. The van der Waals surface area contributed by atoms with E-state index < -0.39 is 0 Å². The first-order valence-corrected chi connectivity index (χ1v) is 12.4. The molecule has 4 unspecified atom stereocenters. The van der Waals surface area contributed by atoms with E-state index >= 15 is 0 Å².